The first kappa shape index (κ1) is 12.0. The number of rotatable bonds is 5. The van der Waals surface area contributed by atoms with E-state index in [2.05, 4.69) is 0 Å². The largest absolute Gasteiger partial charge is 0.505 e. The van der Waals surface area contributed by atoms with Crippen molar-refractivity contribution in [2.75, 3.05) is 12.8 Å². The van der Waals surface area contributed by atoms with Crippen molar-refractivity contribution in [3.05, 3.63) is 0 Å². The summed E-state index contributed by atoms with van der Waals surface area (Å²) >= 11 is 0. The van der Waals surface area contributed by atoms with Gasteiger partial charge in [0.1, 0.15) is 0 Å². The van der Waals surface area contributed by atoms with E-state index < -0.39 is 8.03 Å². The Kier molecular flexibility index (Phi) is 5.64. The first-order valence-electron chi connectivity index (χ1n) is 4.19. The molecule has 0 aliphatic rings. The fourth-order valence-corrected chi connectivity index (χ4v) is 1.22. The molecule has 0 saturated carbocycles. The molecule has 0 spiro atoms. The van der Waals surface area contributed by atoms with Crippen molar-refractivity contribution in [3.8, 4) is 0 Å². The van der Waals surface area contributed by atoms with E-state index in [0.717, 1.165) is 12.8 Å². The summed E-state index contributed by atoms with van der Waals surface area (Å²) < 4.78 is 15.7. The van der Waals surface area contributed by atoms with Gasteiger partial charge < -0.3 is 4.74 Å². The fraction of sp³-hybridized carbons (Fsp3) is 1.00. The molecule has 0 heterocycles. The Morgan fingerprint density at radius 1 is 1.33 bits per heavy atom. The van der Waals surface area contributed by atoms with Gasteiger partial charge in [0.05, 0.1) is 5.60 Å². The maximum Gasteiger partial charge on any atom is 0.505 e. The highest BCUT2D eigenvalue weighted by atomic mass is 31.1. The molecule has 0 saturated heterocycles. The van der Waals surface area contributed by atoms with Gasteiger partial charge in [0.25, 0.3) is 0 Å². The van der Waals surface area contributed by atoms with E-state index in [4.69, 9.17) is 9.63 Å². The standard InChI is InChI=1S/C8H17O3P/c1-8(2,3)11-6-4-5-7-12(9)10/h4-7H2,1-3H3/p+1. The molecule has 1 atom stereocenters. The number of ether oxygens (including phenoxy) is 1. The highest BCUT2D eigenvalue weighted by molar-refractivity contribution is 7.37. The fourth-order valence-electron chi connectivity index (χ4n) is 0.727. The average Bonchev–Trinajstić information content (AvgIpc) is 1.83. The summed E-state index contributed by atoms with van der Waals surface area (Å²) in [5, 5.41) is 0. The Balaban J connectivity index is 3.17. The molecule has 0 aromatic heterocycles. The first-order valence-corrected chi connectivity index (χ1v) is 5.59. The van der Waals surface area contributed by atoms with Gasteiger partial charge in [-0.05, 0) is 38.2 Å². The Morgan fingerprint density at radius 2 is 1.92 bits per heavy atom. The Morgan fingerprint density at radius 3 is 2.33 bits per heavy atom. The maximum atomic E-state index is 10.3. The minimum absolute atomic E-state index is 0.0958. The lowest BCUT2D eigenvalue weighted by molar-refractivity contribution is -0.00410. The van der Waals surface area contributed by atoms with Gasteiger partial charge in [0.2, 0.25) is 0 Å². The topological polar surface area (TPSA) is 46.5 Å². The number of unbranched alkanes of at least 4 members (excludes halogenated alkanes) is 1. The molecule has 0 aromatic carbocycles. The van der Waals surface area contributed by atoms with E-state index in [1.54, 1.807) is 0 Å². The Bertz CT molecular complexity index is 140. The Labute approximate surface area is 75.0 Å². The highest BCUT2D eigenvalue weighted by Gasteiger charge is 2.11. The molecule has 0 bridgehead atoms. The lowest BCUT2D eigenvalue weighted by atomic mass is 10.2. The second-order valence-corrected chi connectivity index (χ2v) is 4.90. The molecule has 12 heavy (non-hydrogen) atoms. The molecule has 4 heteroatoms. The van der Waals surface area contributed by atoms with Crippen LogP contribution in [0.25, 0.3) is 0 Å². The number of hydrogen-bond acceptors (Lipinski definition) is 2. The predicted molar refractivity (Wildman–Crippen MR) is 49.6 cm³/mol. The molecule has 0 aliphatic heterocycles. The summed E-state index contributed by atoms with van der Waals surface area (Å²) in [6, 6.07) is 0. The van der Waals surface area contributed by atoms with E-state index in [1.807, 2.05) is 20.8 Å². The van der Waals surface area contributed by atoms with Crippen molar-refractivity contribution in [3.63, 3.8) is 0 Å². The summed E-state index contributed by atoms with van der Waals surface area (Å²) in [6.07, 6.45) is 2.02. The molecule has 0 amide bonds. The van der Waals surface area contributed by atoms with Crippen LogP contribution in [-0.4, -0.2) is 23.3 Å². The summed E-state index contributed by atoms with van der Waals surface area (Å²) in [5.74, 6) is 0. The second-order valence-electron chi connectivity index (χ2n) is 3.74. The van der Waals surface area contributed by atoms with Crippen LogP contribution in [0.3, 0.4) is 0 Å². The molecular formula is C8H18O3P+. The van der Waals surface area contributed by atoms with Crippen molar-refractivity contribution in [2.24, 2.45) is 0 Å². The van der Waals surface area contributed by atoms with Gasteiger partial charge >= 0.3 is 8.03 Å². The van der Waals surface area contributed by atoms with Crippen molar-refractivity contribution in [1.82, 2.24) is 0 Å². The quantitative estimate of drug-likeness (QED) is 0.538. The van der Waals surface area contributed by atoms with Crippen LogP contribution >= 0.6 is 8.03 Å². The average molecular weight is 193 g/mol. The van der Waals surface area contributed by atoms with Gasteiger partial charge in [-0.25, -0.2) is 0 Å². The minimum atomic E-state index is -1.95. The van der Waals surface area contributed by atoms with Crippen molar-refractivity contribution >= 4 is 8.03 Å². The molecule has 72 valence electrons. The molecule has 1 N–H and O–H groups in total. The lowest BCUT2D eigenvalue weighted by Crippen LogP contribution is -2.19. The van der Waals surface area contributed by atoms with Crippen LogP contribution < -0.4 is 0 Å². The molecule has 0 aromatic rings. The molecule has 3 nitrogen and oxygen atoms in total. The van der Waals surface area contributed by atoms with Crippen LogP contribution in [0.4, 0.5) is 0 Å². The Hall–Kier alpha value is 0.0200. The third-order valence-corrected chi connectivity index (χ3v) is 1.98. The van der Waals surface area contributed by atoms with Gasteiger partial charge in [0.15, 0.2) is 6.16 Å². The third-order valence-electron chi connectivity index (χ3n) is 1.28. The van der Waals surface area contributed by atoms with E-state index in [9.17, 15) is 4.57 Å². The number of hydrogen-bond donors (Lipinski definition) is 1. The lowest BCUT2D eigenvalue weighted by Gasteiger charge is -2.18. The van der Waals surface area contributed by atoms with Gasteiger partial charge in [0, 0.05) is 6.61 Å². The molecular weight excluding hydrogens is 175 g/mol. The van der Waals surface area contributed by atoms with Crippen LogP contribution in [0, 0.1) is 0 Å². The second kappa shape index (κ2) is 5.63. The zero-order chi connectivity index (χ0) is 9.61. The van der Waals surface area contributed by atoms with Crippen LogP contribution in [0.2, 0.25) is 0 Å². The van der Waals surface area contributed by atoms with Crippen LogP contribution in [0.1, 0.15) is 33.6 Å². The zero-order valence-corrected chi connectivity index (χ0v) is 8.93. The van der Waals surface area contributed by atoms with Crippen LogP contribution in [0.5, 0.6) is 0 Å². The van der Waals surface area contributed by atoms with Gasteiger partial charge in [-0.2, -0.15) is 4.89 Å². The van der Waals surface area contributed by atoms with Gasteiger partial charge in [-0.3, -0.25) is 0 Å². The highest BCUT2D eigenvalue weighted by Crippen LogP contribution is 2.15. The van der Waals surface area contributed by atoms with E-state index >= 15 is 0 Å². The molecule has 0 aliphatic carbocycles. The van der Waals surface area contributed by atoms with E-state index in [-0.39, 0.29) is 5.60 Å². The third kappa shape index (κ3) is 10.0. The van der Waals surface area contributed by atoms with Gasteiger partial charge in [-0.15, -0.1) is 0 Å². The van der Waals surface area contributed by atoms with Gasteiger partial charge in [-0.1, -0.05) is 0 Å². The normalized spacial score (nSPS) is 13.2. The maximum absolute atomic E-state index is 10.3. The van der Waals surface area contributed by atoms with Crippen molar-refractivity contribution in [1.29, 1.82) is 0 Å². The smallest absolute Gasteiger partial charge is 0.376 e. The van der Waals surface area contributed by atoms with Crippen molar-refractivity contribution in [2.45, 2.75) is 39.2 Å². The predicted octanol–water partition coefficient (Wildman–Crippen LogP) is 2.32. The SMILES string of the molecule is CC(C)(C)OCCCC[P+](=O)O. The van der Waals surface area contributed by atoms with Crippen LogP contribution in [0.15, 0.2) is 0 Å². The summed E-state index contributed by atoms with van der Waals surface area (Å²) in [5.41, 5.74) is -0.0958. The molecule has 0 radical (unpaired) electrons. The molecule has 1 unspecified atom stereocenters. The van der Waals surface area contributed by atoms with E-state index in [1.165, 1.54) is 0 Å². The summed E-state index contributed by atoms with van der Waals surface area (Å²) in [4.78, 5) is 8.48. The monoisotopic (exact) mass is 193 g/mol. The summed E-state index contributed by atoms with van der Waals surface area (Å²) in [6.45, 7) is 6.67. The zero-order valence-electron chi connectivity index (χ0n) is 8.04. The first-order chi connectivity index (χ1) is 5.42. The van der Waals surface area contributed by atoms with Crippen molar-refractivity contribution < 1.29 is 14.2 Å². The molecule has 0 fully saturated rings. The van der Waals surface area contributed by atoms with E-state index in [0.29, 0.717) is 12.8 Å². The minimum Gasteiger partial charge on any atom is -0.376 e. The van der Waals surface area contributed by atoms with Crippen LogP contribution in [-0.2, 0) is 9.30 Å². The summed E-state index contributed by atoms with van der Waals surface area (Å²) in [7, 11) is -1.95. The molecule has 0 rings (SSSR count).